The lowest BCUT2D eigenvalue weighted by atomic mass is 9.93. The minimum atomic E-state index is -4.34. The third kappa shape index (κ3) is 2.77. The first-order valence-electron chi connectivity index (χ1n) is 6.01. The van der Waals surface area contributed by atoms with Crippen LogP contribution in [-0.4, -0.2) is 13.7 Å². The van der Waals surface area contributed by atoms with E-state index in [1.54, 1.807) is 6.07 Å². The van der Waals surface area contributed by atoms with Crippen molar-refractivity contribution in [3.05, 3.63) is 29.3 Å². The van der Waals surface area contributed by atoms with E-state index in [1.165, 1.54) is 13.2 Å². The number of halogens is 3. The molecule has 5 heteroatoms. The highest BCUT2D eigenvalue weighted by Crippen LogP contribution is 2.38. The number of piperidine rings is 1. The van der Waals surface area contributed by atoms with E-state index in [-0.39, 0.29) is 11.8 Å². The van der Waals surface area contributed by atoms with E-state index in [0.29, 0.717) is 5.56 Å². The summed E-state index contributed by atoms with van der Waals surface area (Å²) in [6.07, 6.45) is -1.62. The average Bonchev–Trinajstić information content (AvgIpc) is 2.38. The summed E-state index contributed by atoms with van der Waals surface area (Å²) in [4.78, 5) is 0. The number of ether oxygens (including phenoxy) is 1. The van der Waals surface area contributed by atoms with E-state index in [0.717, 1.165) is 31.9 Å². The summed E-state index contributed by atoms with van der Waals surface area (Å²) in [7, 11) is 1.37. The van der Waals surface area contributed by atoms with E-state index in [4.69, 9.17) is 4.74 Å². The van der Waals surface area contributed by atoms with Gasteiger partial charge in [0.05, 0.1) is 12.7 Å². The summed E-state index contributed by atoms with van der Waals surface area (Å²) in [5, 5.41) is 3.14. The average molecular weight is 259 g/mol. The molecule has 0 aromatic heterocycles. The Hall–Kier alpha value is -1.23. The lowest BCUT2D eigenvalue weighted by molar-refractivity contribution is -0.138. The van der Waals surface area contributed by atoms with E-state index < -0.39 is 11.7 Å². The number of alkyl halides is 3. The summed E-state index contributed by atoms with van der Waals surface area (Å²) >= 11 is 0. The molecule has 0 spiro atoms. The molecule has 2 rings (SSSR count). The molecule has 1 aromatic rings. The van der Waals surface area contributed by atoms with Gasteiger partial charge in [-0.15, -0.1) is 0 Å². The van der Waals surface area contributed by atoms with Crippen LogP contribution in [0.15, 0.2) is 18.2 Å². The van der Waals surface area contributed by atoms with Crippen LogP contribution in [0.4, 0.5) is 13.2 Å². The van der Waals surface area contributed by atoms with Gasteiger partial charge in [-0.3, -0.25) is 0 Å². The zero-order valence-corrected chi connectivity index (χ0v) is 10.2. The second kappa shape index (κ2) is 5.18. The summed E-state index contributed by atoms with van der Waals surface area (Å²) in [6.45, 7) is 0.772. The number of benzene rings is 1. The molecule has 0 aliphatic carbocycles. The van der Waals surface area contributed by atoms with Crippen molar-refractivity contribution >= 4 is 0 Å². The summed E-state index contributed by atoms with van der Waals surface area (Å²) in [6, 6.07) is 3.97. The molecule has 0 unspecified atom stereocenters. The highest BCUT2D eigenvalue weighted by molar-refractivity contribution is 5.39. The number of methoxy groups -OCH3 is 1. The smallest absolute Gasteiger partial charge is 0.416 e. The molecule has 0 amide bonds. The van der Waals surface area contributed by atoms with Gasteiger partial charge in [0.2, 0.25) is 0 Å². The first-order chi connectivity index (χ1) is 8.52. The Kier molecular flexibility index (Phi) is 3.80. The molecule has 0 saturated carbocycles. The Morgan fingerprint density at radius 1 is 1.28 bits per heavy atom. The van der Waals surface area contributed by atoms with Crippen LogP contribution < -0.4 is 10.1 Å². The fourth-order valence-electron chi connectivity index (χ4n) is 2.33. The second-order valence-electron chi connectivity index (χ2n) is 4.45. The van der Waals surface area contributed by atoms with Crippen molar-refractivity contribution in [2.24, 2.45) is 0 Å². The summed E-state index contributed by atoms with van der Waals surface area (Å²) in [5.41, 5.74) is -0.274. The second-order valence-corrected chi connectivity index (χ2v) is 4.45. The molecular formula is C13H16F3NO. The van der Waals surface area contributed by atoms with Crippen LogP contribution in [0.3, 0.4) is 0 Å². The number of hydrogen-bond donors (Lipinski definition) is 1. The largest absolute Gasteiger partial charge is 0.497 e. The third-order valence-corrected chi connectivity index (χ3v) is 3.25. The molecule has 1 saturated heterocycles. The number of hydrogen-bond acceptors (Lipinski definition) is 2. The third-order valence-electron chi connectivity index (χ3n) is 3.25. The first kappa shape index (κ1) is 13.2. The van der Waals surface area contributed by atoms with Gasteiger partial charge in [-0.1, -0.05) is 12.5 Å². The topological polar surface area (TPSA) is 21.3 Å². The van der Waals surface area contributed by atoms with Gasteiger partial charge in [-0.05, 0) is 37.1 Å². The van der Waals surface area contributed by atoms with Gasteiger partial charge >= 0.3 is 6.18 Å². The standard InChI is InChI=1S/C13H16F3NO/c1-18-9-5-6-10(11(8-9)13(14,15)16)12-4-2-3-7-17-12/h5-6,8,12,17H,2-4,7H2,1H3/t12-/m0/s1. The predicted molar refractivity (Wildman–Crippen MR) is 62.6 cm³/mol. The first-order valence-corrected chi connectivity index (χ1v) is 6.01. The van der Waals surface area contributed by atoms with Crippen LogP contribution in [0, 0.1) is 0 Å². The quantitative estimate of drug-likeness (QED) is 0.877. The van der Waals surface area contributed by atoms with Gasteiger partial charge in [-0.2, -0.15) is 13.2 Å². The van der Waals surface area contributed by atoms with Crippen LogP contribution in [0.5, 0.6) is 5.75 Å². The minimum absolute atomic E-state index is 0.207. The molecule has 1 N–H and O–H groups in total. The number of nitrogens with one attached hydrogen (secondary N) is 1. The minimum Gasteiger partial charge on any atom is -0.497 e. The van der Waals surface area contributed by atoms with Crippen molar-refractivity contribution in [2.45, 2.75) is 31.5 Å². The number of rotatable bonds is 2. The van der Waals surface area contributed by atoms with E-state index in [2.05, 4.69) is 5.32 Å². The highest BCUT2D eigenvalue weighted by Gasteiger charge is 2.36. The van der Waals surface area contributed by atoms with Crippen LogP contribution in [-0.2, 0) is 6.18 Å². The molecule has 0 radical (unpaired) electrons. The summed E-state index contributed by atoms with van der Waals surface area (Å²) in [5.74, 6) is 0.238. The van der Waals surface area contributed by atoms with Gasteiger partial charge in [0, 0.05) is 6.04 Å². The van der Waals surface area contributed by atoms with Gasteiger partial charge in [0.1, 0.15) is 5.75 Å². The van der Waals surface area contributed by atoms with Crippen molar-refractivity contribution < 1.29 is 17.9 Å². The zero-order chi connectivity index (χ0) is 13.2. The predicted octanol–water partition coefficient (Wildman–Crippen LogP) is 3.53. The molecule has 1 atom stereocenters. The fourth-order valence-corrected chi connectivity index (χ4v) is 2.33. The normalized spacial score (nSPS) is 20.8. The summed E-state index contributed by atoms with van der Waals surface area (Å²) < 4.78 is 44.0. The van der Waals surface area contributed by atoms with Gasteiger partial charge in [0.25, 0.3) is 0 Å². The Morgan fingerprint density at radius 2 is 2.06 bits per heavy atom. The van der Waals surface area contributed by atoms with Gasteiger partial charge in [0.15, 0.2) is 0 Å². The van der Waals surface area contributed by atoms with Gasteiger partial charge < -0.3 is 10.1 Å². The van der Waals surface area contributed by atoms with Crippen LogP contribution in [0.2, 0.25) is 0 Å². The molecule has 2 nitrogen and oxygen atoms in total. The van der Waals surface area contributed by atoms with Crippen molar-refractivity contribution in [3.8, 4) is 5.75 Å². The van der Waals surface area contributed by atoms with E-state index in [9.17, 15) is 13.2 Å². The van der Waals surface area contributed by atoms with Crippen molar-refractivity contribution in [2.75, 3.05) is 13.7 Å². The van der Waals surface area contributed by atoms with Gasteiger partial charge in [-0.25, -0.2) is 0 Å². The molecule has 1 heterocycles. The van der Waals surface area contributed by atoms with Crippen LogP contribution in [0.1, 0.15) is 36.4 Å². The Bertz CT molecular complexity index is 411. The maximum Gasteiger partial charge on any atom is 0.416 e. The maximum atomic E-state index is 13.0. The molecule has 18 heavy (non-hydrogen) atoms. The van der Waals surface area contributed by atoms with E-state index in [1.807, 2.05) is 0 Å². The van der Waals surface area contributed by atoms with Crippen LogP contribution >= 0.6 is 0 Å². The van der Waals surface area contributed by atoms with E-state index >= 15 is 0 Å². The molecule has 1 aliphatic rings. The Labute approximate surface area is 104 Å². The Balaban J connectivity index is 2.38. The molecule has 1 aromatic carbocycles. The maximum absolute atomic E-state index is 13.0. The molecule has 1 aliphatic heterocycles. The molecule has 0 bridgehead atoms. The van der Waals surface area contributed by atoms with Crippen molar-refractivity contribution in [3.63, 3.8) is 0 Å². The Morgan fingerprint density at radius 3 is 2.61 bits per heavy atom. The monoisotopic (exact) mass is 259 g/mol. The molecule has 1 fully saturated rings. The molecule has 100 valence electrons. The lowest BCUT2D eigenvalue weighted by Crippen LogP contribution is -2.28. The fraction of sp³-hybridized carbons (Fsp3) is 0.538. The lowest BCUT2D eigenvalue weighted by Gasteiger charge is -2.26. The zero-order valence-electron chi connectivity index (χ0n) is 10.2. The van der Waals surface area contributed by atoms with Crippen LogP contribution in [0.25, 0.3) is 0 Å². The van der Waals surface area contributed by atoms with Crippen molar-refractivity contribution in [1.29, 1.82) is 0 Å². The SMILES string of the molecule is COc1ccc([C@@H]2CCCCN2)c(C(F)(F)F)c1. The highest BCUT2D eigenvalue weighted by atomic mass is 19.4. The van der Waals surface area contributed by atoms with Crippen molar-refractivity contribution in [1.82, 2.24) is 5.32 Å². The molecular weight excluding hydrogens is 243 g/mol.